The number of aliphatic hydroxyl groups excluding tert-OH is 3. The zero-order chi connectivity index (χ0) is 10.4. The summed E-state index contributed by atoms with van der Waals surface area (Å²) in [5.74, 6) is 0.533. The molecule has 1 aromatic carbocycles. The molecular weight excluding hydrogens is 184 g/mol. The Hall–Kier alpha value is -1.10. The van der Waals surface area contributed by atoms with Crippen LogP contribution >= 0.6 is 0 Å². The minimum absolute atomic E-state index is 0.00854. The highest BCUT2D eigenvalue weighted by atomic mass is 16.6. The summed E-state index contributed by atoms with van der Waals surface area (Å²) < 4.78 is 5.07. The molecule has 1 aromatic rings. The molecule has 2 unspecified atom stereocenters. The number of para-hydroxylation sites is 1. The van der Waals surface area contributed by atoms with E-state index in [0.29, 0.717) is 5.75 Å². The van der Waals surface area contributed by atoms with Crippen molar-refractivity contribution in [2.24, 2.45) is 0 Å². The van der Waals surface area contributed by atoms with Gasteiger partial charge in [0.1, 0.15) is 5.75 Å². The molecule has 1 rings (SSSR count). The second-order valence-electron chi connectivity index (χ2n) is 2.96. The van der Waals surface area contributed by atoms with Crippen LogP contribution in [0.5, 0.6) is 5.75 Å². The molecule has 0 aromatic heterocycles. The average molecular weight is 198 g/mol. The van der Waals surface area contributed by atoms with Crippen molar-refractivity contribution >= 4 is 0 Å². The van der Waals surface area contributed by atoms with Gasteiger partial charge in [0.15, 0.2) is 6.29 Å². The van der Waals surface area contributed by atoms with Gasteiger partial charge in [0.2, 0.25) is 0 Å². The van der Waals surface area contributed by atoms with Crippen LogP contribution in [-0.2, 0) is 0 Å². The van der Waals surface area contributed by atoms with Crippen molar-refractivity contribution in [1.82, 2.24) is 0 Å². The van der Waals surface area contributed by atoms with E-state index < -0.39 is 12.4 Å². The lowest BCUT2D eigenvalue weighted by atomic mass is 10.2. The monoisotopic (exact) mass is 198 g/mol. The van der Waals surface area contributed by atoms with Gasteiger partial charge in [-0.25, -0.2) is 0 Å². The summed E-state index contributed by atoms with van der Waals surface area (Å²) in [5, 5.41) is 26.9. The molecule has 2 atom stereocenters. The first kappa shape index (κ1) is 11.0. The largest absolute Gasteiger partial charge is 0.465 e. The second kappa shape index (κ2) is 5.59. The molecule has 0 heterocycles. The van der Waals surface area contributed by atoms with Crippen LogP contribution < -0.4 is 4.74 Å². The number of hydrogen-bond donors (Lipinski definition) is 3. The summed E-state index contributed by atoms with van der Waals surface area (Å²) in [6.07, 6.45) is -2.06. The SMILES string of the molecule is OCC(O)CC(O)Oc1ccccc1. The maximum atomic E-state index is 9.31. The maximum absolute atomic E-state index is 9.31. The van der Waals surface area contributed by atoms with Crippen LogP contribution in [0, 0.1) is 0 Å². The summed E-state index contributed by atoms with van der Waals surface area (Å²) in [5.41, 5.74) is 0. The van der Waals surface area contributed by atoms with Crippen molar-refractivity contribution in [3.05, 3.63) is 30.3 Å². The van der Waals surface area contributed by atoms with Crippen molar-refractivity contribution in [1.29, 1.82) is 0 Å². The quantitative estimate of drug-likeness (QED) is 0.588. The predicted molar refractivity (Wildman–Crippen MR) is 50.8 cm³/mol. The Kier molecular flexibility index (Phi) is 4.39. The first-order valence-corrected chi connectivity index (χ1v) is 4.41. The average Bonchev–Trinajstić information content (AvgIpc) is 2.19. The molecule has 0 saturated heterocycles. The van der Waals surface area contributed by atoms with Crippen LogP contribution in [0.4, 0.5) is 0 Å². The third-order valence-corrected chi connectivity index (χ3v) is 1.70. The highest BCUT2D eigenvalue weighted by molar-refractivity contribution is 5.20. The number of hydrogen-bond acceptors (Lipinski definition) is 4. The van der Waals surface area contributed by atoms with E-state index in [0.717, 1.165) is 0 Å². The molecule has 0 spiro atoms. The number of rotatable bonds is 5. The van der Waals surface area contributed by atoms with E-state index in [9.17, 15) is 5.11 Å². The summed E-state index contributed by atoms with van der Waals surface area (Å²) in [6, 6.07) is 8.81. The third kappa shape index (κ3) is 3.74. The Bertz CT molecular complexity index is 250. The zero-order valence-corrected chi connectivity index (χ0v) is 7.71. The predicted octanol–water partition coefficient (Wildman–Crippen LogP) is 0.127. The summed E-state index contributed by atoms with van der Waals surface area (Å²) in [4.78, 5) is 0. The lowest BCUT2D eigenvalue weighted by molar-refractivity contribution is -0.0592. The molecule has 0 aliphatic rings. The molecule has 0 aliphatic carbocycles. The van der Waals surface area contributed by atoms with Crippen LogP contribution in [0.15, 0.2) is 30.3 Å². The molecule has 14 heavy (non-hydrogen) atoms. The highest BCUT2D eigenvalue weighted by Crippen LogP contribution is 2.11. The van der Waals surface area contributed by atoms with E-state index in [4.69, 9.17) is 14.9 Å². The highest BCUT2D eigenvalue weighted by Gasteiger charge is 2.11. The van der Waals surface area contributed by atoms with Crippen LogP contribution in [0.25, 0.3) is 0 Å². The van der Waals surface area contributed by atoms with E-state index in [1.807, 2.05) is 6.07 Å². The molecule has 0 saturated carbocycles. The van der Waals surface area contributed by atoms with Crippen molar-refractivity contribution in [3.8, 4) is 5.75 Å². The molecule has 0 fully saturated rings. The summed E-state index contributed by atoms with van der Waals surface area (Å²) in [7, 11) is 0. The molecule has 78 valence electrons. The molecule has 0 aliphatic heterocycles. The fourth-order valence-electron chi connectivity index (χ4n) is 1.01. The Morgan fingerprint density at radius 2 is 1.79 bits per heavy atom. The topological polar surface area (TPSA) is 69.9 Å². The first-order chi connectivity index (χ1) is 6.72. The Labute approximate surface area is 82.4 Å². The Balaban J connectivity index is 2.37. The van der Waals surface area contributed by atoms with Gasteiger partial charge in [-0.3, -0.25) is 0 Å². The van der Waals surface area contributed by atoms with E-state index in [2.05, 4.69) is 0 Å². The zero-order valence-electron chi connectivity index (χ0n) is 7.71. The van der Waals surface area contributed by atoms with Gasteiger partial charge in [-0.15, -0.1) is 0 Å². The van der Waals surface area contributed by atoms with Crippen LogP contribution in [-0.4, -0.2) is 34.3 Å². The van der Waals surface area contributed by atoms with Gasteiger partial charge in [-0.2, -0.15) is 0 Å². The van der Waals surface area contributed by atoms with Gasteiger partial charge in [0.05, 0.1) is 12.7 Å². The second-order valence-corrected chi connectivity index (χ2v) is 2.96. The molecule has 4 heteroatoms. The minimum atomic E-state index is -1.10. The van der Waals surface area contributed by atoms with Gasteiger partial charge >= 0.3 is 0 Å². The number of ether oxygens (including phenoxy) is 1. The third-order valence-electron chi connectivity index (χ3n) is 1.70. The van der Waals surface area contributed by atoms with E-state index in [-0.39, 0.29) is 13.0 Å². The van der Waals surface area contributed by atoms with Crippen molar-refractivity contribution < 1.29 is 20.1 Å². The number of benzene rings is 1. The molecule has 0 radical (unpaired) electrons. The smallest absolute Gasteiger partial charge is 0.199 e. The lowest BCUT2D eigenvalue weighted by Gasteiger charge is -2.15. The summed E-state index contributed by atoms with van der Waals surface area (Å²) in [6.45, 7) is -0.380. The fraction of sp³-hybridized carbons (Fsp3) is 0.400. The van der Waals surface area contributed by atoms with E-state index in [1.165, 1.54) is 0 Å². The lowest BCUT2D eigenvalue weighted by Crippen LogP contribution is -2.25. The molecule has 0 bridgehead atoms. The summed E-state index contributed by atoms with van der Waals surface area (Å²) >= 11 is 0. The van der Waals surface area contributed by atoms with Gasteiger partial charge in [0, 0.05) is 6.42 Å². The van der Waals surface area contributed by atoms with Crippen molar-refractivity contribution in [2.45, 2.75) is 18.8 Å². The van der Waals surface area contributed by atoms with Gasteiger partial charge in [-0.05, 0) is 12.1 Å². The fourth-order valence-corrected chi connectivity index (χ4v) is 1.01. The maximum Gasteiger partial charge on any atom is 0.199 e. The normalized spacial score (nSPS) is 14.8. The molecular formula is C10H14O4. The van der Waals surface area contributed by atoms with Crippen molar-refractivity contribution in [3.63, 3.8) is 0 Å². The van der Waals surface area contributed by atoms with Gasteiger partial charge in [-0.1, -0.05) is 18.2 Å². The van der Waals surface area contributed by atoms with Crippen molar-refractivity contribution in [2.75, 3.05) is 6.61 Å². The van der Waals surface area contributed by atoms with Crippen LogP contribution in [0.1, 0.15) is 6.42 Å². The van der Waals surface area contributed by atoms with Gasteiger partial charge in [0.25, 0.3) is 0 Å². The minimum Gasteiger partial charge on any atom is -0.465 e. The van der Waals surface area contributed by atoms with Crippen LogP contribution in [0.2, 0.25) is 0 Å². The van der Waals surface area contributed by atoms with Gasteiger partial charge < -0.3 is 20.1 Å². The molecule has 4 nitrogen and oxygen atoms in total. The van der Waals surface area contributed by atoms with E-state index in [1.54, 1.807) is 24.3 Å². The first-order valence-electron chi connectivity index (χ1n) is 4.41. The molecule has 0 amide bonds. The number of aliphatic hydroxyl groups is 3. The van der Waals surface area contributed by atoms with E-state index >= 15 is 0 Å². The Morgan fingerprint density at radius 1 is 1.14 bits per heavy atom. The standard InChI is InChI=1S/C10H14O4/c11-7-8(12)6-10(13)14-9-4-2-1-3-5-9/h1-5,8,10-13H,6-7H2. The molecule has 3 N–H and O–H groups in total. The van der Waals surface area contributed by atoms with Crippen LogP contribution in [0.3, 0.4) is 0 Å². The Morgan fingerprint density at radius 3 is 2.36 bits per heavy atom.